The van der Waals surface area contributed by atoms with E-state index in [-0.39, 0.29) is 27.3 Å². The Bertz CT molecular complexity index is 562. The molecular formula is C15H17Cl2NO4. The lowest BCUT2D eigenvalue weighted by Crippen LogP contribution is -2.42. The maximum atomic E-state index is 12.2. The van der Waals surface area contributed by atoms with Crippen molar-refractivity contribution in [1.82, 2.24) is 4.90 Å². The largest absolute Gasteiger partial charge is 0.505 e. The Balaban J connectivity index is 2.03. The highest BCUT2D eigenvalue weighted by molar-refractivity contribution is 6.37. The fourth-order valence-corrected chi connectivity index (χ4v) is 2.82. The topological polar surface area (TPSA) is 66.8 Å². The summed E-state index contributed by atoms with van der Waals surface area (Å²) in [5, 5.41) is 9.38. The van der Waals surface area contributed by atoms with Crippen LogP contribution < -0.4 is 0 Å². The third-order valence-electron chi connectivity index (χ3n) is 3.55. The fourth-order valence-electron chi connectivity index (χ4n) is 2.33. The third-order valence-corrected chi connectivity index (χ3v) is 4.13. The highest BCUT2D eigenvalue weighted by Crippen LogP contribution is 2.33. The lowest BCUT2D eigenvalue weighted by atomic mass is 10.1. The zero-order valence-corrected chi connectivity index (χ0v) is 13.7. The first-order chi connectivity index (χ1) is 10.4. The number of hydrogen-bond acceptors (Lipinski definition) is 4. The molecule has 0 radical (unpaired) electrons. The van der Waals surface area contributed by atoms with Crippen LogP contribution >= 0.6 is 23.2 Å². The fraction of sp³-hybridized carbons (Fsp3) is 0.467. The van der Waals surface area contributed by atoms with Crippen molar-refractivity contribution in [1.29, 1.82) is 0 Å². The third kappa shape index (κ3) is 3.84. The van der Waals surface area contributed by atoms with E-state index in [1.54, 1.807) is 11.8 Å². The van der Waals surface area contributed by atoms with Gasteiger partial charge in [-0.25, -0.2) is 4.79 Å². The van der Waals surface area contributed by atoms with Gasteiger partial charge in [0.05, 0.1) is 15.6 Å². The molecule has 1 heterocycles. The maximum Gasteiger partial charge on any atom is 0.339 e. The Kier molecular flexibility index (Phi) is 5.53. The predicted octanol–water partition coefficient (Wildman–Crippen LogP) is 3.26. The van der Waals surface area contributed by atoms with E-state index >= 15 is 0 Å². The van der Waals surface area contributed by atoms with Crippen molar-refractivity contribution >= 4 is 35.1 Å². The van der Waals surface area contributed by atoms with Gasteiger partial charge in [-0.15, -0.1) is 0 Å². The summed E-state index contributed by atoms with van der Waals surface area (Å²) in [5.41, 5.74) is 0.0890. The lowest BCUT2D eigenvalue weighted by Gasteiger charge is -2.28. The van der Waals surface area contributed by atoms with Crippen molar-refractivity contribution in [3.05, 3.63) is 27.7 Å². The number of ether oxygens (including phenoxy) is 1. The molecule has 5 nitrogen and oxygen atoms in total. The number of likely N-dealkylation sites (tertiary alicyclic amines) is 1. The first-order valence-corrected chi connectivity index (χ1v) is 7.83. The van der Waals surface area contributed by atoms with Crippen molar-refractivity contribution in [3.63, 3.8) is 0 Å². The van der Waals surface area contributed by atoms with Crippen molar-refractivity contribution < 1.29 is 19.4 Å². The van der Waals surface area contributed by atoms with Gasteiger partial charge in [0.25, 0.3) is 5.91 Å². The van der Waals surface area contributed by atoms with Gasteiger partial charge in [-0.3, -0.25) is 4.79 Å². The number of carbonyl (C=O) groups excluding carboxylic acids is 2. The minimum Gasteiger partial charge on any atom is -0.505 e. The number of esters is 1. The van der Waals surface area contributed by atoms with E-state index in [0.29, 0.717) is 13.1 Å². The van der Waals surface area contributed by atoms with Crippen LogP contribution in [0, 0.1) is 0 Å². The Morgan fingerprint density at radius 2 is 1.73 bits per heavy atom. The van der Waals surface area contributed by atoms with Gasteiger partial charge < -0.3 is 14.7 Å². The highest BCUT2D eigenvalue weighted by Gasteiger charge is 2.26. The summed E-state index contributed by atoms with van der Waals surface area (Å²) >= 11 is 11.5. The molecule has 0 bridgehead atoms. The summed E-state index contributed by atoms with van der Waals surface area (Å²) in [5.74, 6) is -1.21. The second kappa shape index (κ2) is 7.20. The molecule has 120 valence electrons. The molecule has 1 aliphatic heterocycles. The molecule has 0 spiro atoms. The van der Waals surface area contributed by atoms with E-state index < -0.39 is 12.1 Å². The predicted molar refractivity (Wildman–Crippen MR) is 83.4 cm³/mol. The van der Waals surface area contributed by atoms with Gasteiger partial charge in [0.15, 0.2) is 11.9 Å². The van der Waals surface area contributed by atoms with Crippen LogP contribution in [0.3, 0.4) is 0 Å². The van der Waals surface area contributed by atoms with E-state index in [4.69, 9.17) is 27.9 Å². The Morgan fingerprint density at radius 1 is 1.18 bits per heavy atom. The number of halogens is 2. The van der Waals surface area contributed by atoms with Crippen molar-refractivity contribution in [2.24, 2.45) is 0 Å². The van der Waals surface area contributed by atoms with Crippen LogP contribution in [-0.4, -0.2) is 41.1 Å². The average Bonchev–Trinajstić information content (AvgIpc) is 2.52. The number of phenolic OH excluding ortho intramolecular Hbond substituents is 1. The van der Waals surface area contributed by atoms with Crippen molar-refractivity contribution in [3.8, 4) is 5.75 Å². The monoisotopic (exact) mass is 345 g/mol. The van der Waals surface area contributed by atoms with Crippen molar-refractivity contribution in [2.75, 3.05) is 13.1 Å². The van der Waals surface area contributed by atoms with Crippen LogP contribution in [-0.2, 0) is 9.53 Å². The molecule has 1 unspecified atom stereocenters. The number of benzene rings is 1. The van der Waals surface area contributed by atoms with E-state index in [2.05, 4.69) is 0 Å². The number of carbonyl (C=O) groups is 2. The quantitative estimate of drug-likeness (QED) is 0.853. The molecule has 2 rings (SSSR count). The van der Waals surface area contributed by atoms with E-state index in [0.717, 1.165) is 19.3 Å². The molecule has 1 aliphatic rings. The summed E-state index contributed by atoms with van der Waals surface area (Å²) in [7, 11) is 0. The number of rotatable bonds is 3. The Labute approximate surface area is 138 Å². The van der Waals surface area contributed by atoms with Crippen LogP contribution in [0.1, 0.15) is 36.5 Å². The van der Waals surface area contributed by atoms with Gasteiger partial charge in [0, 0.05) is 13.1 Å². The first kappa shape index (κ1) is 16.9. The van der Waals surface area contributed by atoms with Crippen LogP contribution in [0.2, 0.25) is 10.0 Å². The summed E-state index contributed by atoms with van der Waals surface area (Å²) in [6, 6.07) is 2.51. The van der Waals surface area contributed by atoms with Gasteiger partial charge in [-0.05, 0) is 38.3 Å². The summed E-state index contributed by atoms with van der Waals surface area (Å²) in [6.07, 6.45) is 2.17. The van der Waals surface area contributed by atoms with E-state index in [9.17, 15) is 14.7 Å². The van der Waals surface area contributed by atoms with Crippen LogP contribution in [0.5, 0.6) is 5.75 Å². The standard InChI is InChI=1S/C15H17Cl2NO4/c1-9(14(20)18-5-3-2-4-6-18)22-15(21)10-7-11(16)13(19)12(17)8-10/h7-9,19H,2-6H2,1H3. The molecular weight excluding hydrogens is 329 g/mol. The summed E-state index contributed by atoms with van der Waals surface area (Å²) in [4.78, 5) is 26.0. The molecule has 1 fully saturated rings. The van der Waals surface area contributed by atoms with E-state index in [1.165, 1.54) is 12.1 Å². The normalized spacial score (nSPS) is 16.2. The Hall–Kier alpha value is -1.46. The van der Waals surface area contributed by atoms with Gasteiger partial charge in [-0.1, -0.05) is 23.2 Å². The molecule has 1 N–H and O–H groups in total. The number of hydrogen-bond donors (Lipinski definition) is 1. The average molecular weight is 346 g/mol. The molecule has 22 heavy (non-hydrogen) atoms. The Morgan fingerprint density at radius 3 is 2.27 bits per heavy atom. The molecule has 1 atom stereocenters. The smallest absolute Gasteiger partial charge is 0.339 e. The van der Waals surface area contributed by atoms with Gasteiger partial charge in [0.1, 0.15) is 0 Å². The summed E-state index contributed by atoms with van der Waals surface area (Å²) in [6.45, 7) is 2.92. The lowest BCUT2D eigenvalue weighted by molar-refractivity contribution is -0.140. The van der Waals surface area contributed by atoms with Crippen molar-refractivity contribution in [2.45, 2.75) is 32.3 Å². The van der Waals surface area contributed by atoms with E-state index in [1.807, 2.05) is 0 Å². The number of nitrogens with zero attached hydrogens (tertiary/aromatic N) is 1. The van der Waals surface area contributed by atoms with Crippen LogP contribution in [0.25, 0.3) is 0 Å². The van der Waals surface area contributed by atoms with Gasteiger partial charge in [0.2, 0.25) is 0 Å². The molecule has 7 heteroatoms. The second-order valence-electron chi connectivity index (χ2n) is 5.22. The minimum atomic E-state index is -0.878. The van der Waals surface area contributed by atoms with Gasteiger partial charge >= 0.3 is 5.97 Å². The highest BCUT2D eigenvalue weighted by atomic mass is 35.5. The van der Waals surface area contributed by atoms with Crippen LogP contribution in [0.15, 0.2) is 12.1 Å². The molecule has 0 saturated carbocycles. The number of phenols is 1. The number of aromatic hydroxyl groups is 1. The minimum absolute atomic E-state index is 0.0468. The SMILES string of the molecule is CC(OC(=O)c1cc(Cl)c(O)c(Cl)c1)C(=O)N1CCCCC1. The molecule has 1 amide bonds. The number of piperidine rings is 1. The maximum absolute atomic E-state index is 12.2. The second-order valence-corrected chi connectivity index (χ2v) is 6.04. The number of amides is 1. The summed E-state index contributed by atoms with van der Waals surface area (Å²) < 4.78 is 5.17. The zero-order chi connectivity index (χ0) is 16.3. The molecule has 1 aromatic rings. The first-order valence-electron chi connectivity index (χ1n) is 7.08. The van der Waals surface area contributed by atoms with Gasteiger partial charge in [-0.2, -0.15) is 0 Å². The van der Waals surface area contributed by atoms with Crippen LogP contribution in [0.4, 0.5) is 0 Å². The molecule has 0 aliphatic carbocycles. The molecule has 1 aromatic carbocycles. The molecule has 1 saturated heterocycles. The zero-order valence-electron chi connectivity index (χ0n) is 12.1. The molecule has 0 aromatic heterocycles.